The molecular formula is C7H11N2O+. The quantitative estimate of drug-likeness (QED) is 0.570. The molecule has 10 heavy (non-hydrogen) atoms. The number of nitrogens with one attached hydrogen (secondary N) is 1. The highest BCUT2D eigenvalue weighted by Crippen LogP contribution is 2.07. The molecule has 0 saturated carbocycles. The smallest absolute Gasteiger partial charge is 0.178 e. The zero-order valence-electron chi connectivity index (χ0n) is 5.89. The van der Waals surface area contributed by atoms with Crippen molar-refractivity contribution in [2.75, 3.05) is 5.73 Å². The van der Waals surface area contributed by atoms with Gasteiger partial charge >= 0.3 is 0 Å². The van der Waals surface area contributed by atoms with Crippen LogP contribution >= 0.6 is 0 Å². The fraction of sp³-hybridized carbons (Fsp3) is 0.286. The van der Waals surface area contributed by atoms with Crippen LogP contribution in [0, 0.1) is 6.92 Å². The van der Waals surface area contributed by atoms with Crippen molar-refractivity contribution < 1.29 is 10.1 Å². The van der Waals surface area contributed by atoms with Crippen molar-refractivity contribution in [3.05, 3.63) is 23.5 Å². The number of anilines is 1. The van der Waals surface area contributed by atoms with E-state index in [0.717, 1.165) is 11.3 Å². The van der Waals surface area contributed by atoms with Crippen LogP contribution in [0.25, 0.3) is 0 Å². The number of rotatable bonds is 1. The Morgan fingerprint density at radius 3 is 2.90 bits per heavy atom. The van der Waals surface area contributed by atoms with E-state index >= 15 is 0 Å². The summed E-state index contributed by atoms with van der Waals surface area (Å²) in [5.41, 5.74) is 7.93. The molecule has 0 saturated heterocycles. The molecular weight excluding hydrogens is 128 g/mol. The van der Waals surface area contributed by atoms with E-state index in [1.807, 2.05) is 6.92 Å². The van der Waals surface area contributed by atoms with Gasteiger partial charge in [-0.2, -0.15) is 0 Å². The number of aryl methyl sites for hydroxylation is 1. The molecule has 0 bridgehead atoms. The van der Waals surface area contributed by atoms with Crippen molar-refractivity contribution in [1.29, 1.82) is 0 Å². The molecule has 0 spiro atoms. The van der Waals surface area contributed by atoms with Crippen LogP contribution in [0.1, 0.15) is 11.3 Å². The van der Waals surface area contributed by atoms with Crippen molar-refractivity contribution in [2.45, 2.75) is 13.5 Å². The molecule has 0 amide bonds. The largest absolute Gasteiger partial charge is 0.398 e. The standard InChI is InChI=1S/C7H10N2O/c1-5-2-7(8)6(4-10)3-9-5/h2-3,10H,4H2,1H3,(H2,8,9)/p+1. The van der Waals surface area contributed by atoms with Gasteiger partial charge in [0.2, 0.25) is 0 Å². The zero-order chi connectivity index (χ0) is 7.56. The molecule has 1 heterocycles. The van der Waals surface area contributed by atoms with Crippen molar-refractivity contribution >= 4 is 5.69 Å². The minimum absolute atomic E-state index is 0.0113. The highest BCUT2D eigenvalue weighted by Gasteiger charge is 2.01. The lowest BCUT2D eigenvalue weighted by Gasteiger charge is -1.96. The van der Waals surface area contributed by atoms with Gasteiger partial charge in [0.1, 0.15) is 0 Å². The van der Waals surface area contributed by atoms with Crippen LogP contribution < -0.4 is 10.7 Å². The van der Waals surface area contributed by atoms with E-state index < -0.39 is 0 Å². The topological polar surface area (TPSA) is 60.4 Å². The highest BCUT2D eigenvalue weighted by molar-refractivity contribution is 5.43. The van der Waals surface area contributed by atoms with Gasteiger partial charge in [-0.3, -0.25) is 0 Å². The molecule has 3 heteroatoms. The van der Waals surface area contributed by atoms with Crippen LogP contribution in [0.5, 0.6) is 0 Å². The normalized spacial score (nSPS) is 9.80. The molecule has 0 aromatic carbocycles. The van der Waals surface area contributed by atoms with Gasteiger partial charge in [-0.1, -0.05) is 0 Å². The number of nitrogen functional groups attached to an aromatic ring is 1. The lowest BCUT2D eigenvalue weighted by Crippen LogP contribution is -2.10. The molecule has 0 aliphatic heterocycles. The maximum absolute atomic E-state index is 8.71. The van der Waals surface area contributed by atoms with E-state index in [-0.39, 0.29) is 6.61 Å². The minimum atomic E-state index is -0.0113. The van der Waals surface area contributed by atoms with E-state index in [4.69, 9.17) is 10.8 Å². The van der Waals surface area contributed by atoms with E-state index in [1.54, 1.807) is 12.3 Å². The molecule has 0 fully saturated rings. The molecule has 3 nitrogen and oxygen atoms in total. The van der Waals surface area contributed by atoms with E-state index in [1.165, 1.54) is 0 Å². The maximum Gasteiger partial charge on any atom is 0.178 e. The number of pyridine rings is 1. The maximum atomic E-state index is 8.71. The van der Waals surface area contributed by atoms with Gasteiger partial charge in [0, 0.05) is 18.7 Å². The molecule has 1 rings (SSSR count). The highest BCUT2D eigenvalue weighted by atomic mass is 16.3. The minimum Gasteiger partial charge on any atom is -0.398 e. The first-order chi connectivity index (χ1) is 4.74. The van der Waals surface area contributed by atoms with Gasteiger partial charge in [-0.05, 0) is 0 Å². The van der Waals surface area contributed by atoms with Crippen LogP contribution in [-0.2, 0) is 6.61 Å². The second-order valence-electron chi connectivity index (χ2n) is 2.25. The molecule has 0 radical (unpaired) electrons. The van der Waals surface area contributed by atoms with Gasteiger partial charge < -0.3 is 10.8 Å². The number of hydrogen-bond acceptors (Lipinski definition) is 2. The van der Waals surface area contributed by atoms with Crippen molar-refractivity contribution in [2.24, 2.45) is 0 Å². The summed E-state index contributed by atoms with van der Waals surface area (Å²) in [6.45, 7) is 1.90. The number of nitrogens with two attached hydrogens (primary N) is 1. The van der Waals surface area contributed by atoms with Crippen molar-refractivity contribution in [3.8, 4) is 0 Å². The molecule has 0 aliphatic carbocycles. The summed E-state index contributed by atoms with van der Waals surface area (Å²) in [7, 11) is 0. The van der Waals surface area contributed by atoms with E-state index in [2.05, 4.69) is 4.98 Å². The van der Waals surface area contributed by atoms with Gasteiger partial charge in [-0.25, -0.2) is 4.98 Å². The van der Waals surface area contributed by atoms with Crippen LogP contribution in [0.3, 0.4) is 0 Å². The van der Waals surface area contributed by atoms with Crippen molar-refractivity contribution in [3.63, 3.8) is 0 Å². The Kier molecular flexibility index (Phi) is 1.87. The molecule has 0 unspecified atom stereocenters. The summed E-state index contributed by atoms with van der Waals surface area (Å²) in [4.78, 5) is 2.95. The lowest BCUT2D eigenvalue weighted by molar-refractivity contribution is -0.388. The number of hydrogen-bond donors (Lipinski definition) is 2. The first kappa shape index (κ1) is 7.02. The number of aliphatic hydroxyl groups is 1. The third-order valence-corrected chi connectivity index (χ3v) is 1.39. The SMILES string of the molecule is Cc1cc(N)c(CO)c[nH+]1. The first-order valence-electron chi connectivity index (χ1n) is 3.11. The van der Waals surface area contributed by atoms with Gasteiger partial charge in [0.15, 0.2) is 11.9 Å². The lowest BCUT2D eigenvalue weighted by atomic mass is 10.2. The number of aliphatic hydroxyl groups excluding tert-OH is 1. The van der Waals surface area contributed by atoms with Gasteiger partial charge in [-0.15, -0.1) is 0 Å². The number of H-pyrrole nitrogens is 1. The van der Waals surface area contributed by atoms with Crippen molar-refractivity contribution in [1.82, 2.24) is 0 Å². The van der Waals surface area contributed by atoms with Crippen LogP contribution in [0.15, 0.2) is 12.3 Å². The Balaban J connectivity index is 3.07. The average molecular weight is 139 g/mol. The zero-order valence-corrected chi connectivity index (χ0v) is 5.89. The average Bonchev–Trinajstić information content (AvgIpc) is 1.88. The summed E-state index contributed by atoms with van der Waals surface area (Å²) in [5, 5.41) is 8.71. The predicted molar refractivity (Wildman–Crippen MR) is 38.1 cm³/mol. The van der Waals surface area contributed by atoms with Gasteiger partial charge in [0.05, 0.1) is 12.2 Å². The van der Waals surface area contributed by atoms with E-state index in [9.17, 15) is 0 Å². The third-order valence-electron chi connectivity index (χ3n) is 1.39. The molecule has 0 atom stereocenters. The predicted octanol–water partition coefficient (Wildman–Crippen LogP) is -0.116. The molecule has 4 N–H and O–H groups in total. The Morgan fingerprint density at radius 2 is 2.40 bits per heavy atom. The third kappa shape index (κ3) is 1.25. The Bertz CT molecular complexity index is 235. The van der Waals surface area contributed by atoms with Crippen LogP contribution in [0.2, 0.25) is 0 Å². The van der Waals surface area contributed by atoms with Crippen LogP contribution in [0.4, 0.5) is 5.69 Å². The van der Waals surface area contributed by atoms with Crippen LogP contribution in [-0.4, -0.2) is 5.11 Å². The molecule has 0 aliphatic rings. The molecule has 1 aromatic heterocycles. The summed E-state index contributed by atoms with van der Waals surface area (Å²) in [6.07, 6.45) is 1.71. The second-order valence-corrected chi connectivity index (χ2v) is 2.25. The van der Waals surface area contributed by atoms with Gasteiger partial charge in [0.25, 0.3) is 0 Å². The monoisotopic (exact) mass is 139 g/mol. The first-order valence-corrected chi connectivity index (χ1v) is 3.11. The van der Waals surface area contributed by atoms with E-state index in [0.29, 0.717) is 5.69 Å². The summed E-state index contributed by atoms with van der Waals surface area (Å²) in [5.74, 6) is 0. The summed E-state index contributed by atoms with van der Waals surface area (Å²) in [6, 6.07) is 1.80. The number of aromatic amines is 1. The Labute approximate surface area is 59.5 Å². The summed E-state index contributed by atoms with van der Waals surface area (Å²) < 4.78 is 0. The Morgan fingerprint density at radius 1 is 1.70 bits per heavy atom. The molecule has 54 valence electrons. The second kappa shape index (κ2) is 2.66. The number of aromatic nitrogens is 1. The fourth-order valence-electron chi connectivity index (χ4n) is 0.789. The fourth-order valence-corrected chi connectivity index (χ4v) is 0.789. The summed E-state index contributed by atoms with van der Waals surface area (Å²) >= 11 is 0. The Hall–Kier alpha value is -1.09. The molecule has 1 aromatic rings.